The van der Waals surface area contributed by atoms with Gasteiger partial charge in [-0.05, 0) is 35.8 Å². The number of allylic oxidation sites excluding steroid dienone is 1. The molecule has 0 fully saturated rings. The first-order valence-electron chi connectivity index (χ1n) is 9.59. The Morgan fingerprint density at radius 3 is 2.56 bits per heavy atom. The van der Waals surface area contributed by atoms with Gasteiger partial charge in [0.25, 0.3) is 5.89 Å². The molecule has 0 saturated heterocycles. The van der Waals surface area contributed by atoms with Crippen molar-refractivity contribution < 1.29 is 22.8 Å². The van der Waals surface area contributed by atoms with E-state index in [9.17, 15) is 18.3 Å². The summed E-state index contributed by atoms with van der Waals surface area (Å²) in [5, 5.41) is 13.1. The van der Waals surface area contributed by atoms with Crippen molar-refractivity contribution in [3.63, 3.8) is 0 Å². The van der Waals surface area contributed by atoms with Gasteiger partial charge in [0.2, 0.25) is 5.82 Å². The van der Waals surface area contributed by atoms with Gasteiger partial charge in [0.1, 0.15) is 11.4 Å². The molecule has 166 valence electrons. The maximum absolute atomic E-state index is 11.8. The molecule has 1 heterocycles. The fourth-order valence-corrected chi connectivity index (χ4v) is 3.54. The van der Waals surface area contributed by atoms with Crippen LogP contribution < -0.4 is 5.73 Å². The Morgan fingerprint density at radius 1 is 1.19 bits per heavy atom. The lowest BCUT2D eigenvalue weighted by atomic mass is 10.0. The molecule has 3 N–H and O–H groups in total. The number of hydrogen-bond donors (Lipinski definition) is 2. The number of hydrogen-bond acceptors (Lipinski definition) is 8. The molecule has 0 aliphatic carbocycles. The first-order valence-corrected chi connectivity index (χ1v) is 11.5. The molecular weight excluding hydrogens is 432 g/mol. The Balaban J connectivity index is 2.12. The van der Waals surface area contributed by atoms with Crippen LogP contribution in [-0.2, 0) is 14.6 Å². The number of aromatic nitrogens is 2. The lowest BCUT2D eigenvalue weighted by Gasteiger charge is -2.09. The Bertz CT molecular complexity index is 1320. The number of carboxylic acids is 1. The Hall–Kier alpha value is -3.79. The summed E-state index contributed by atoms with van der Waals surface area (Å²) < 4.78 is 29.0. The predicted molar refractivity (Wildman–Crippen MR) is 119 cm³/mol. The number of rotatable bonds is 7. The normalized spacial score (nSPS) is 12.9. The highest BCUT2D eigenvalue weighted by Crippen LogP contribution is 2.28. The van der Waals surface area contributed by atoms with Crippen LogP contribution in [0, 0.1) is 0 Å². The first kappa shape index (κ1) is 22.9. The monoisotopic (exact) mass is 454 g/mol. The van der Waals surface area contributed by atoms with Crippen molar-refractivity contribution in [3.8, 4) is 11.4 Å². The summed E-state index contributed by atoms with van der Waals surface area (Å²) in [6.45, 7) is 4.02. The lowest BCUT2D eigenvalue weighted by Crippen LogP contribution is -2.13. The van der Waals surface area contributed by atoms with E-state index in [-0.39, 0.29) is 28.2 Å². The van der Waals surface area contributed by atoms with Crippen LogP contribution in [0.25, 0.3) is 11.4 Å². The molecule has 0 radical (unpaired) electrons. The van der Waals surface area contributed by atoms with E-state index in [1.807, 2.05) is 32.0 Å². The van der Waals surface area contributed by atoms with Crippen LogP contribution in [0.2, 0.25) is 0 Å². The van der Waals surface area contributed by atoms with E-state index in [0.29, 0.717) is 11.3 Å². The van der Waals surface area contributed by atoms with Crippen LogP contribution in [0.5, 0.6) is 0 Å². The summed E-state index contributed by atoms with van der Waals surface area (Å²) in [5.41, 5.74) is 7.18. The minimum atomic E-state index is -3.42. The van der Waals surface area contributed by atoms with Gasteiger partial charge < -0.3 is 15.4 Å². The second-order valence-corrected chi connectivity index (χ2v) is 9.35. The number of aliphatic imine (C=N–C) groups is 1. The fourth-order valence-electron chi connectivity index (χ4n) is 2.87. The summed E-state index contributed by atoms with van der Waals surface area (Å²) in [4.78, 5) is 20.2. The van der Waals surface area contributed by atoms with E-state index in [0.717, 1.165) is 17.9 Å². The van der Waals surface area contributed by atoms with Gasteiger partial charge in [-0.15, -0.1) is 0 Å². The number of para-hydroxylation sites is 1. The third kappa shape index (κ3) is 5.27. The second-order valence-electron chi connectivity index (χ2n) is 7.34. The molecule has 32 heavy (non-hydrogen) atoms. The van der Waals surface area contributed by atoms with Crippen molar-refractivity contribution in [3.05, 3.63) is 71.8 Å². The molecule has 0 unspecified atom stereocenters. The first-order chi connectivity index (χ1) is 15.1. The molecule has 0 aliphatic rings. The maximum Gasteiger partial charge on any atom is 0.351 e. The van der Waals surface area contributed by atoms with Crippen molar-refractivity contribution in [2.24, 2.45) is 10.7 Å². The molecule has 0 saturated carbocycles. The van der Waals surface area contributed by atoms with Crippen LogP contribution in [0.15, 0.2) is 74.7 Å². The number of sulfone groups is 1. The highest BCUT2D eigenvalue weighted by molar-refractivity contribution is 7.90. The van der Waals surface area contributed by atoms with E-state index in [2.05, 4.69) is 15.1 Å². The Labute approximate surface area is 185 Å². The summed E-state index contributed by atoms with van der Waals surface area (Å²) in [7, 11) is -3.42. The van der Waals surface area contributed by atoms with Crippen LogP contribution in [0.3, 0.4) is 0 Å². The molecule has 3 aromatic rings. The molecule has 3 rings (SSSR count). The standard InChI is InChI=1S/C22H22N4O5S/c1-13(2)16-9-4-5-10-18(16)24-19(12-17(23)22(27)28)21-25-20(26-31-21)14-7-6-8-15(11-14)32(3,29)30/h4-13H,23H2,1-3H3,(H,27,28)/b17-12-,24-19?. The molecule has 10 heteroatoms. The van der Waals surface area contributed by atoms with Crippen molar-refractivity contribution >= 4 is 27.2 Å². The van der Waals surface area contributed by atoms with Crippen molar-refractivity contribution in [2.75, 3.05) is 6.26 Å². The average molecular weight is 455 g/mol. The van der Waals surface area contributed by atoms with Crippen molar-refractivity contribution in [1.29, 1.82) is 0 Å². The van der Waals surface area contributed by atoms with E-state index >= 15 is 0 Å². The number of carboxylic acid groups (broad SMARTS) is 1. The lowest BCUT2D eigenvalue weighted by molar-refractivity contribution is -0.132. The number of aliphatic carboxylic acids is 1. The molecule has 0 bridgehead atoms. The Morgan fingerprint density at radius 2 is 1.91 bits per heavy atom. The number of nitrogens with zero attached hydrogens (tertiary/aromatic N) is 3. The van der Waals surface area contributed by atoms with E-state index in [1.54, 1.807) is 18.2 Å². The molecular formula is C22H22N4O5S. The molecule has 0 atom stereocenters. The summed E-state index contributed by atoms with van der Waals surface area (Å²) in [5.74, 6) is -1.10. The van der Waals surface area contributed by atoms with Gasteiger partial charge >= 0.3 is 5.97 Å². The van der Waals surface area contributed by atoms with Gasteiger partial charge in [0.15, 0.2) is 9.84 Å². The molecule has 0 aliphatic heterocycles. The molecule has 2 aromatic carbocycles. The molecule has 0 amide bonds. The van der Waals surface area contributed by atoms with Crippen LogP contribution in [0.4, 0.5) is 5.69 Å². The molecule has 9 nitrogen and oxygen atoms in total. The molecule has 0 spiro atoms. The number of carbonyl (C=O) groups is 1. The smallest absolute Gasteiger partial charge is 0.351 e. The number of nitrogens with two attached hydrogens (primary N) is 1. The summed E-state index contributed by atoms with van der Waals surface area (Å²) >= 11 is 0. The summed E-state index contributed by atoms with van der Waals surface area (Å²) in [6, 6.07) is 13.5. The topological polar surface area (TPSA) is 149 Å². The van der Waals surface area contributed by atoms with Crippen LogP contribution in [0.1, 0.15) is 31.2 Å². The quantitative estimate of drug-likeness (QED) is 0.408. The van der Waals surface area contributed by atoms with E-state index in [1.165, 1.54) is 12.1 Å². The van der Waals surface area contributed by atoms with Gasteiger partial charge in [-0.3, -0.25) is 0 Å². The van der Waals surface area contributed by atoms with Crippen molar-refractivity contribution in [1.82, 2.24) is 10.1 Å². The minimum Gasteiger partial charge on any atom is -0.477 e. The number of benzene rings is 2. The van der Waals surface area contributed by atoms with Crippen molar-refractivity contribution in [2.45, 2.75) is 24.7 Å². The maximum atomic E-state index is 11.8. The van der Waals surface area contributed by atoms with E-state index in [4.69, 9.17) is 10.3 Å². The largest absolute Gasteiger partial charge is 0.477 e. The summed E-state index contributed by atoms with van der Waals surface area (Å²) in [6.07, 6.45) is 2.24. The zero-order valence-corrected chi connectivity index (χ0v) is 18.5. The average Bonchev–Trinajstić information content (AvgIpc) is 3.23. The minimum absolute atomic E-state index is 0.0625. The molecule has 1 aromatic heterocycles. The van der Waals surface area contributed by atoms with Crippen LogP contribution >= 0.6 is 0 Å². The van der Waals surface area contributed by atoms with Gasteiger partial charge in [0, 0.05) is 11.8 Å². The van der Waals surface area contributed by atoms with E-state index < -0.39 is 21.5 Å². The van der Waals surface area contributed by atoms with Gasteiger partial charge in [-0.25, -0.2) is 18.2 Å². The predicted octanol–water partition coefficient (Wildman–Crippen LogP) is 3.31. The zero-order valence-electron chi connectivity index (χ0n) is 17.7. The fraction of sp³-hybridized carbons (Fsp3) is 0.182. The SMILES string of the molecule is CC(C)c1ccccc1N=C(/C=C(\N)C(=O)O)c1nc(-c2cccc(S(C)(=O)=O)c2)no1. The third-order valence-electron chi connectivity index (χ3n) is 4.50. The van der Waals surface area contributed by atoms with Gasteiger partial charge in [-0.2, -0.15) is 4.98 Å². The highest BCUT2D eigenvalue weighted by Gasteiger charge is 2.18. The zero-order chi connectivity index (χ0) is 23.5. The Kier molecular flexibility index (Phi) is 6.54. The van der Waals surface area contributed by atoms with Gasteiger partial charge in [0.05, 0.1) is 10.6 Å². The highest BCUT2D eigenvalue weighted by atomic mass is 32.2. The second kappa shape index (κ2) is 9.15. The van der Waals surface area contributed by atoms with Gasteiger partial charge in [-0.1, -0.05) is 49.3 Å². The van der Waals surface area contributed by atoms with Crippen LogP contribution in [-0.4, -0.2) is 41.6 Å². The third-order valence-corrected chi connectivity index (χ3v) is 5.61.